The topological polar surface area (TPSA) is 78.6 Å². The smallest absolute Gasteiger partial charge is 0.311 e. The molecule has 1 atom stereocenters. The van der Waals surface area contributed by atoms with Crippen molar-refractivity contribution in [1.29, 1.82) is 0 Å². The molecule has 5 heteroatoms. The third-order valence-electron chi connectivity index (χ3n) is 5.96. The Labute approximate surface area is 158 Å². The maximum atomic E-state index is 12.5. The Morgan fingerprint density at radius 2 is 1.89 bits per heavy atom. The summed E-state index contributed by atoms with van der Waals surface area (Å²) in [5.74, 6) is 1.55. The molecule has 5 nitrogen and oxygen atoms in total. The molecule has 1 saturated carbocycles. The first-order valence-corrected chi connectivity index (χ1v) is 9.79. The number of nitrogens with one attached hydrogen (secondary N) is 2. The highest BCUT2D eigenvalue weighted by atomic mass is 16.2. The van der Waals surface area contributed by atoms with E-state index in [1.165, 1.54) is 0 Å². The van der Waals surface area contributed by atoms with Crippen LogP contribution in [-0.4, -0.2) is 15.0 Å². The third kappa shape index (κ3) is 4.02. The molecular weight excluding hydrogens is 338 g/mol. The van der Waals surface area contributed by atoms with Gasteiger partial charge < -0.3 is 4.98 Å². The van der Waals surface area contributed by atoms with E-state index in [2.05, 4.69) is 39.3 Å². The fourth-order valence-corrected chi connectivity index (χ4v) is 4.52. The zero-order valence-corrected chi connectivity index (χ0v) is 15.4. The summed E-state index contributed by atoms with van der Waals surface area (Å²) in [6.07, 6.45) is 16.4. The summed E-state index contributed by atoms with van der Waals surface area (Å²) >= 11 is 0. The lowest BCUT2D eigenvalue weighted by Crippen LogP contribution is -2.31. The number of aromatic nitrogens is 3. The molecule has 0 amide bonds. The van der Waals surface area contributed by atoms with Crippen LogP contribution in [0.4, 0.5) is 0 Å². The average molecular weight is 363 g/mol. The number of hydrogen-bond donors (Lipinski definition) is 2. The zero-order valence-electron chi connectivity index (χ0n) is 15.4. The fourth-order valence-electron chi connectivity index (χ4n) is 4.52. The van der Waals surface area contributed by atoms with Gasteiger partial charge in [0.05, 0.1) is 0 Å². The number of H-pyrrole nitrogens is 2. The van der Waals surface area contributed by atoms with Gasteiger partial charge in [0, 0.05) is 29.6 Å². The van der Waals surface area contributed by atoms with E-state index in [1.54, 1.807) is 6.20 Å². The molecule has 2 N–H and O–H groups in total. The molecule has 0 bridgehead atoms. The second kappa shape index (κ2) is 7.91. The maximum absolute atomic E-state index is 12.5. The van der Waals surface area contributed by atoms with Gasteiger partial charge in [0.2, 0.25) is 0 Å². The van der Waals surface area contributed by atoms with Crippen molar-refractivity contribution in [2.24, 2.45) is 11.8 Å². The lowest BCUT2D eigenvalue weighted by molar-refractivity contribution is 0.262. The molecule has 27 heavy (non-hydrogen) atoms. The Balaban J connectivity index is 1.55. The molecule has 0 saturated heterocycles. The molecule has 0 spiro atoms. The van der Waals surface area contributed by atoms with E-state index >= 15 is 0 Å². The standard InChI is InChI=1S/C22H25N3O2/c26-21-19(14-18-8-4-5-13-23-18)20(24-22(27)25-21)17-11-9-16(10-12-17)15-6-2-1-3-7-15/h1-6,8,13,15-17H,7,9-12,14H2,(H2,24,25,26,27)/t15?,16-,17-. The van der Waals surface area contributed by atoms with Crippen molar-refractivity contribution in [2.75, 3.05) is 0 Å². The van der Waals surface area contributed by atoms with Gasteiger partial charge in [-0.25, -0.2) is 4.79 Å². The first kappa shape index (κ1) is 17.7. The first-order chi connectivity index (χ1) is 13.2. The Bertz CT molecular complexity index is 948. The van der Waals surface area contributed by atoms with Crippen LogP contribution in [0.2, 0.25) is 0 Å². The summed E-state index contributed by atoms with van der Waals surface area (Å²) in [6, 6.07) is 5.69. The van der Waals surface area contributed by atoms with E-state index in [0.717, 1.165) is 43.5 Å². The second-order valence-electron chi connectivity index (χ2n) is 7.62. The van der Waals surface area contributed by atoms with Crippen LogP contribution in [0.25, 0.3) is 0 Å². The Hall–Kier alpha value is -2.69. The summed E-state index contributed by atoms with van der Waals surface area (Å²) in [7, 11) is 0. The van der Waals surface area contributed by atoms with Gasteiger partial charge in [-0.05, 0) is 62.0 Å². The zero-order chi connectivity index (χ0) is 18.6. The molecule has 0 radical (unpaired) electrons. The molecule has 2 aromatic rings. The maximum Gasteiger partial charge on any atom is 0.325 e. The Kier molecular flexibility index (Phi) is 5.19. The van der Waals surface area contributed by atoms with Crippen molar-refractivity contribution in [1.82, 2.24) is 15.0 Å². The molecule has 2 aliphatic rings. The van der Waals surface area contributed by atoms with Crippen molar-refractivity contribution in [3.8, 4) is 0 Å². The average Bonchev–Trinajstić information content (AvgIpc) is 2.71. The highest BCUT2D eigenvalue weighted by Crippen LogP contribution is 2.40. The first-order valence-electron chi connectivity index (χ1n) is 9.79. The summed E-state index contributed by atoms with van der Waals surface area (Å²) < 4.78 is 0. The van der Waals surface area contributed by atoms with Crippen molar-refractivity contribution in [2.45, 2.75) is 44.4 Å². The molecule has 140 valence electrons. The van der Waals surface area contributed by atoms with Gasteiger partial charge in [-0.2, -0.15) is 0 Å². The number of allylic oxidation sites excluding steroid dienone is 4. The fraction of sp³-hybridized carbons (Fsp3) is 0.409. The number of aromatic amines is 2. The van der Waals surface area contributed by atoms with Gasteiger partial charge >= 0.3 is 5.69 Å². The van der Waals surface area contributed by atoms with Gasteiger partial charge in [-0.1, -0.05) is 30.4 Å². The lowest BCUT2D eigenvalue weighted by atomic mass is 9.72. The molecule has 2 aromatic heterocycles. The lowest BCUT2D eigenvalue weighted by Gasteiger charge is -2.33. The third-order valence-corrected chi connectivity index (χ3v) is 5.96. The molecule has 4 rings (SSSR count). The van der Waals surface area contributed by atoms with E-state index < -0.39 is 5.69 Å². The molecule has 0 aromatic carbocycles. The number of hydrogen-bond acceptors (Lipinski definition) is 3. The molecule has 2 heterocycles. The van der Waals surface area contributed by atoms with Crippen LogP contribution in [-0.2, 0) is 6.42 Å². The predicted molar refractivity (Wildman–Crippen MR) is 106 cm³/mol. The minimum absolute atomic E-state index is 0.234. The van der Waals surface area contributed by atoms with E-state index in [-0.39, 0.29) is 11.5 Å². The van der Waals surface area contributed by atoms with Crippen molar-refractivity contribution in [3.05, 3.63) is 86.5 Å². The van der Waals surface area contributed by atoms with Gasteiger partial charge in [-0.15, -0.1) is 0 Å². The molecule has 1 unspecified atom stereocenters. The Morgan fingerprint density at radius 1 is 1.04 bits per heavy atom. The molecule has 2 aliphatic carbocycles. The van der Waals surface area contributed by atoms with E-state index in [1.807, 2.05) is 18.2 Å². The SMILES string of the molecule is O=c1[nH]c(=O)c(Cc2ccccn2)c([C@H]2CC[C@H](C3C=CC=CC3)CC2)[nH]1. The summed E-state index contributed by atoms with van der Waals surface area (Å²) in [5, 5.41) is 0. The molecule has 1 fully saturated rings. The highest BCUT2D eigenvalue weighted by molar-refractivity contribution is 5.26. The van der Waals surface area contributed by atoms with E-state index in [9.17, 15) is 9.59 Å². The van der Waals surface area contributed by atoms with Crippen LogP contribution in [0.15, 0.2) is 58.3 Å². The van der Waals surface area contributed by atoms with Crippen molar-refractivity contribution >= 4 is 0 Å². The van der Waals surface area contributed by atoms with Crippen LogP contribution in [0.3, 0.4) is 0 Å². The number of nitrogens with zero attached hydrogens (tertiary/aromatic N) is 1. The normalized spacial score (nSPS) is 24.8. The van der Waals surface area contributed by atoms with Crippen molar-refractivity contribution in [3.63, 3.8) is 0 Å². The summed E-state index contributed by atoms with van der Waals surface area (Å²) in [4.78, 5) is 34.1. The molecule has 0 aliphatic heterocycles. The monoisotopic (exact) mass is 363 g/mol. The van der Waals surface area contributed by atoms with Crippen LogP contribution < -0.4 is 11.2 Å². The molecular formula is C22H25N3O2. The second-order valence-corrected chi connectivity index (χ2v) is 7.62. The highest BCUT2D eigenvalue weighted by Gasteiger charge is 2.29. The van der Waals surface area contributed by atoms with Gasteiger partial charge in [0.1, 0.15) is 0 Å². The van der Waals surface area contributed by atoms with Crippen molar-refractivity contribution < 1.29 is 0 Å². The summed E-state index contributed by atoms with van der Waals surface area (Å²) in [5.41, 5.74) is 1.59. The van der Waals surface area contributed by atoms with E-state index in [0.29, 0.717) is 23.8 Å². The summed E-state index contributed by atoms with van der Waals surface area (Å²) in [6.45, 7) is 0. The largest absolute Gasteiger partial charge is 0.325 e. The van der Waals surface area contributed by atoms with E-state index in [4.69, 9.17) is 0 Å². The number of pyridine rings is 1. The minimum Gasteiger partial charge on any atom is -0.311 e. The Morgan fingerprint density at radius 3 is 2.59 bits per heavy atom. The quantitative estimate of drug-likeness (QED) is 0.873. The van der Waals surface area contributed by atoms with Crippen LogP contribution in [0, 0.1) is 11.8 Å². The van der Waals surface area contributed by atoms with Crippen LogP contribution >= 0.6 is 0 Å². The van der Waals surface area contributed by atoms with Gasteiger partial charge in [-0.3, -0.25) is 14.8 Å². The van der Waals surface area contributed by atoms with Gasteiger partial charge in [0.15, 0.2) is 0 Å². The number of rotatable bonds is 4. The van der Waals surface area contributed by atoms with Crippen LogP contribution in [0.1, 0.15) is 55.0 Å². The van der Waals surface area contributed by atoms with Crippen LogP contribution in [0.5, 0.6) is 0 Å². The minimum atomic E-state index is -0.415. The van der Waals surface area contributed by atoms with Gasteiger partial charge in [0.25, 0.3) is 5.56 Å². The predicted octanol–water partition coefficient (Wildman–Crippen LogP) is 3.46.